The molecule has 1 aromatic carbocycles. The van der Waals surface area contributed by atoms with Gasteiger partial charge in [-0.05, 0) is 24.6 Å². The van der Waals surface area contributed by atoms with Crippen LogP contribution < -0.4 is 11.1 Å². The van der Waals surface area contributed by atoms with Crippen LogP contribution in [0.3, 0.4) is 0 Å². The van der Waals surface area contributed by atoms with Crippen LogP contribution in [0.25, 0.3) is 0 Å². The molecule has 1 saturated heterocycles. The molecule has 1 fully saturated rings. The van der Waals surface area contributed by atoms with E-state index in [2.05, 4.69) is 10.2 Å². The number of rotatable bonds is 6. The van der Waals surface area contributed by atoms with E-state index in [1.165, 1.54) is 0 Å². The second kappa shape index (κ2) is 8.64. The third kappa shape index (κ3) is 5.18. The van der Waals surface area contributed by atoms with E-state index in [1.807, 2.05) is 38.1 Å². The summed E-state index contributed by atoms with van der Waals surface area (Å²) in [5.41, 5.74) is 6.95. The smallest absolute Gasteiger partial charge is 0.224 e. The summed E-state index contributed by atoms with van der Waals surface area (Å²) in [5.74, 6) is -0.210. The van der Waals surface area contributed by atoms with Crippen LogP contribution in [0.1, 0.15) is 25.5 Å². The molecule has 6 heteroatoms. The number of amides is 1. The lowest BCUT2D eigenvalue weighted by Gasteiger charge is -2.35. The Morgan fingerprint density at radius 3 is 2.48 bits per heavy atom. The van der Waals surface area contributed by atoms with E-state index in [4.69, 9.17) is 22.1 Å². The highest BCUT2D eigenvalue weighted by atomic mass is 35.5. The molecule has 1 aromatic rings. The molecule has 0 spiro atoms. The molecule has 0 saturated carbocycles. The van der Waals surface area contributed by atoms with Crippen molar-refractivity contribution in [1.29, 1.82) is 0 Å². The van der Waals surface area contributed by atoms with Crippen molar-refractivity contribution in [2.75, 3.05) is 32.8 Å². The van der Waals surface area contributed by atoms with Crippen LogP contribution in [0.2, 0.25) is 5.02 Å². The van der Waals surface area contributed by atoms with E-state index in [0.717, 1.165) is 18.7 Å². The van der Waals surface area contributed by atoms with Gasteiger partial charge in [-0.2, -0.15) is 0 Å². The number of benzene rings is 1. The number of nitrogens with one attached hydrogen (secondary N) is 1. The lowest BCUT2D eigenvalue weighted by molar-refractivity contribution is -0.125. The van der Waals surface area contributed by atoms with Gasteiger partial charge in [0.15, 0.2) is 0 Å². The van der Waals surface area contributed by atoms with Crippen LogP contribution in [0.4, 0.5) is 0 Å². The fourth-order valence-electron chi connectivity index (χ4n) is 2.63. The van der Waals surface area contributed by atoms with Gasteiger partial charge in [0.25, 0.3) is 0 Å². The molecule has 0 aliphatic carbocycles. The van der Waals surface area contributed by atoms with Gasteiger partial charge in [0.1, 0.15) is 0 Å². The molecule has 3 unspecified atom stereocenters. The first-order valence-electron chi connectivity index (χ1n) is 8.09. The maximum Gasteiger partial charge on any atom is 0.224 e. The van der Waals surface area contributed by atoms with Crippen LogP contribution in [0, 0.1) is 5.92 Å². The number of morpholine rings is 1. The van der Waals surface area contributed by atoms with Crippen molar-refractivity contribution in [2.45, 2.75) is 25.9 Å². The quantitative estimate of drug-likeness (QED) is 0.829. The summed E-state index contributed by atoms with van der Waals surface area (Å²) < 4.78 is 5.43. The standard InChI is InChI=1S/C17H26ClN3O2/c1-12(13(2)19)17(22)20-11-16(21-7-9-23-10-8-21)14-3-5-15(18)6-4-14/h3-6,12-13,16H,7-11,19H2,1-2H3,(H,20,22). The summed E-state index contributed by atoms with van der Waals surface area (Å²) in [6, 6.07) is 7.76. The highest BCUT2D eigenvalue weighted by Gasteiger charge is 2.24. The number of nitrogens with zero attached hydrogens (tertiary/aromatic N) is 1. The Kier molecular flexibility index (Phi) is 6.84. The maximum atomic E-state index is 12.2. The molecule has 23 heavy (non-hydrogen) atoms. The molecule has 0 aromatic heterocycles. The molecule has 1 amide bonds. The summed E-state index contributed by atoms with van der Waals surface area (Å²) in [5, 5.41) is 3.75. The van der Waals surface area contributed by atoms with Crippen molar-refractivity contribution in [1.82, 2.24) is 10.2 Å². The SMILES string of the molecule is CC(N)C(C)C(=O)NCC(c1ccc(Cl)cc1)N1CCOCC1. The maximum absolute atomic E-state index is 12.2. The van der Waals surface area contributed by atoms with Gasteiger partial charge >= 0.3 is 0 Å². The number of nitrogens with two attached hydrogens (primary N) is 1. The first-order chi connectivity index (χ1) is 11.0. The third-order valence-electron chi connectivity index (χ3n) is 4.41. The van der Waals surface area contributed by atoms with Crippen LogP contribution >= 0.6 is 11.6 Å². The zero-order valence-electron chi connectivity index (χ0n) is 13.8. The molecule has 5 nitrogen and oxygen atoms in total. The highest BCUT2D eigenvalue weighted by Crippen LogP contribution is 2.23. The zero-order valence-corrected chi connectivity index (χ0v) is 14.6. The number of hydrogen-bond acceptors (Lipinski definition) is 4. The van der Waals surface area contributed by atoms with E-state index < -0.39 is 0 Å². The van der Waals surface area contributed by atoms with Crippen molar-refractivity contribution < 1.29 is 9.53 Å². The largest absolute Gasteiger partial charge is 0.379 e. The van der Waals surface area contributed by atoms with Gasteiger partial charge in [-0.15, -0.1) is 0 Å². The molecule has 1 aliphatic heterocycles. The molecule has 3 N–H and O–H groups in total. The van der Waals surface area contributed by atoms with E-state index >= 15 is 0 Å². The van der Waals surface area contributed by atoms with Crippen LogP contribution in [-0.4, -0.2) is 49.7 Å². The van der Waals surface area contributed by atoms with E-state index in [-0.39, 0.29) is 23.9 Å². The third-order valence-corrected chi connectivity index (χ3v) is 4.67. The first-order valence-corrected chi connectivity index (χ1v) is 8.47. The fourth-order valence-corrected chi connectivity index (χ4v) is 2.75. The highest BCUT2D eigenvalue weighted by molar-refractivity contribution is 6.30. The number of carbonyl (C=O) groups excluding carboxylic acids is 1. The van der Waals surface area contributed by atoms with Crippen molar-refractivity contribution in [3.63, 3.8) is 0 Å². The first kappa shape index (κ1) is 18.2. The van der Waals surface area contributed by atoms with Gasteiger partial charge in [-0.1, -0.05) is 30.7 Å². The van der Waals surface area contributed by atoms with Gasteiger partial charge < -0.3 is 15.8 Å². The van der Waals surface area contributed by atoms with Crippen molar-refractivity contribution in [3.05, 3.63) is 34.9 Å². The van der Waals surface area contributed by atoms with E-state index in [0.29, 0.717) is 24.8 Å². The molecule has 3 atom stereocenters. The Bertz CT molecular complexity index is 501. The second-order valence-electron chi connectivity index (χ2n) is 6.11. The van der Waals surface area contributed by atoms with Crippen LogP contribution in [0.15, 0.2) is 24.3 Å². The summed E-state index contributed by atoms with van der Waals surface area (Å²) >= 11 is 5.99. The molecule has 0 bridgehead atoms. The minimum atomic E-state index is -0.203. The minimum Gasteiger partial charge on any atom is -0.379 e. The van der Waals surface area contributed by atoms with Gasteiger partial charge in [-0.25, -0.2) is 0 Å². The summed E-state index contributed by atoms with van der Waals surface area (Å²) in [7, 11) is 0. The molecular weight excluding hydrogens is 314 g/mol. The zero-order chi connectivity index (χ0) is 16.8. The van der Waals surface area contributed by atoms with Crippen LogP contribution in [-0.2, 0) is 9.53 Å². The van der Waals surface area contributed by atoms with E-state index in [1.54, 1.807) is 0 Å². The number of carbonyl (C=O) groups is 1. The lowest BCUT2D eigenvalue weighted by atomic mass is 10.0. The monoisotopic (exact) mass is 339 g/mol. The van der Waals surface area contributed by atoms with Crippen LogP contribution in [0.5, 0.6) is 0 Å². The summed E-state index contributed by atoms with van der Waals surface area (Å²) in [6.45, 7) is 7.40. The van der Waals surface area contributed by atoms with Gasteiger partial charge in [0.05, 0.1) is 19.3 Å². The number of hydrogen-bond donors (Lipinski definition) is 2. The molecular formula is C17H26ClN3O2. The van der Waals surface area contributed by atoms with Crippen molar-refractivity contribution >= 4 is 17.5 Å². The number of halogens is 1. The average molecular weight is 340 g/mol. The number of ether oxygens (including phenoxy) is 1. The lowest BCUT2D eigenvalue weighted by Crippen LogP contribution is -2.46. The minimum absolute atomic E-state index is 0.00720. The molecule has 128 valence electrons. The predicted molar refractivity (Wildman–Crippen MR) is 92.4 cm³/mol. The Balaban J connectivity index is 2.07. The summed E-state index contributed by atoms with van der Waals surface area (Å²) in [6.07, 6.45) is 0. The fraction of sp³-hybridized carbons (Fsp3) is 0.588. The van der Waals surface area contributed by atoms with Gasteiger partial charge in [0, 0.05) is 36.6 Å². The second-order valence-corrected chi connectivity index (χ2v) is 6.55. The Morgan fingerprint density at radius 1 is 1.30 bits per heavy atom. The average Bonchev–Trinajstić information content (AvgIpc) is 2.56. The molecule has 2 rings (SSSR count). The van der Waals surface area contributed by atoms with Gasteiger partial charge in [0.2, 0.25) is 5.91 Å². The Labute approximate surface area is 143 Å². The predicted octanol–water partition coefficient (Wildman–Crippen LogP) is 1.81. The van der Waals surface area contributed by atoms with Crippen molar-refractivity contribution in [3.8, 4) is 0 Å². The van der Waals surface area contributed by atoms with Gasteiger partial charge in [-0.3, -0.25) is 9.69 Å². The normalized spacial score (nSPS) is 19.8. The van der Waals surface area contributed by atoms with E-state index in [9.17, 15) is 4.79 Å². The topological polar surface area (TPSA) is 67.6 Å². The Morgan fingerprint density at radius 2 is 1.91 bits per heavy atom. The van der Waals surface area contributed by atoms with Crippen molar-refractivity contribution in [2.24, 2.45) is 11.7 Å². The Hall–Kier alpha value is -1.14. The summed E-state index contributed by atoms with van der Waals surface area (Å²) in [4.78, 5) is 14.5. The molecule has 1 aliphatic rings. The molecule has 1 heterocycles. The molecule has 0 radical (unpaired) electrons.